The second kappa shape index (κ2) is 5.70. The van der Waals surface area contributed by atoms with E-state index in [0.29, 0.717) is 22.0 Å². The van der Waals surface area contributed by atoms with Crippen LogP contribution in [0, 0.1) is 0 Å². The fourth-order valence-corrected chi connectivity index (χ4v) is 3.13. The number of allylic oxidation sites excluding steroid dienone is 1. The van der Waals surface area contributed by atoms with E-state index in [1.807, 2.05) is 0 Å². The number of Topliss-reactive ketones (excluding diaryl/α,β-unsaturated/α-hetero) is 1. The van der Waals surface area contributed by atoms with Crippen molar-refractivity contribution < 1.29 is 19.4 Å². The normalized spacial score (nSPS) is 13.2. The molecule has 6 heteroatoms. The fraction of sp³-hybridized carbons (Fsp3) is 0.0500. The predicted molar refractivity (Wildman–Crippen MR) is 93.5 cm³/mol. The van der Waals surface area contributed by atoms with Crippen molar-refractivity contribution in [1.82, 2.24) is 4.98 Å². The number of nitrogens with one attached hydrogen (secondary N) is 1. The van der Waals surface area contributed by atoms with E-state index < -0.39 is 17.5 Å². The van der Waals surface area contributed by atoms with Crippen LogP contribution in [0.25, 0.3) is 22.2 Å². The van der Waals surface area contributed by atoms with Crippen LogP contribution in [0.1, 0.15) is 32.0 Å². The zero-order chi connectivity index (χ0) is 18.4. The third-order valence-electron chi connectivity index (χ3n) is 4.39. The molecule has 0 aliphatic heterocycles. The predicted octanol–water partition coefficient (Wildman–Crippen LogP) is 1.74. The number of rotatable bonds is 2. The number of carbonyl (C=O) groups excluding carboxylic acids is 2. The van der Waals surface area contributed by atoms with Gasteiger partial charge in [-0.1, -0.05) is 30.0 Å². The molecule has 4 rings (SSSR count). The van der Waals surface area contributed by atoms with Crippen LogP contribution < -0.4 is 10.5 Å². The quantitative estimate of drug-likeness (QED) is 0.713. The highest BCUT2D eigenvalue weighted by Gasteiger charge is 2.26. The standard InChI is InChI=1S/C20H13NO5/c1-26-20(25)10-6-7-13-14(8-10)21-15(9-16(13)22)17-18(23)11-4-2-3-5-12(11)19(17)24/h2-9,23H,1H3,(H,21,22)/p-1. The number of hydrogen-bond acceptors (Lipinski definition) is 5. The maximum Gasteiger partial charge on any atom is 0.337 e. The van der Waals surface area contributed by atoms with E-state index >= 15 is 0 Å². The minimum Gasteiger partial charge on any atom is -0.871 e. The largest absolute Gasteiger partial charge is 0.871 e. The first kappa shape index (κ1) is 15.8. The highest BCUT2D eigenvalue weighted by Crippen LogP contribution is 2.34. The average Bonchev–Trinajstić information content (AvgIpc) is 2.91. The van der Waals surface area contributed by atoms with Gasteiger partial charge in [0.2, 0.25) is 0 Å². The third-order valence-corrected chi connectivity index (χ3v) is 4.39. The van der Waals surface area contributed by atoms with Gasteiger partial charge in [0.15, 0.2) is 11.2 Å². The lowest BCUT2D eigenvalue weighted by Gasteiger charge is -2.12. The van der Waals surface area contributed by atoms with Gasteiger partial charge in [0, 0.05) is 22.6 Å². The zero-order valence-corrected chi connectivity index (χ0v) is 13.7. The van der Waals surface area contributed by atoms with Gasteiger partial charge in [-0.3, -0.25) is 9.59 Å². The van der Waals surface area contributed by atoms with Gasteiger partial charge < -0.3 is 14.8 Å². The first-order valence-electron chi connectivity index (χ1n) is 7.82. The number of ether oxygens (including phenoxy) is 1. The molecular weight excluding hydrogens is 334 g/mol. The number of aromatic nitrogens is 1. The van der Waals surface area contributed by atoms with E-state index in [0.717, 1.165) is 0 Å². The molecule has 6 nitrogen and oxygen atoms in total. The summed E-state index contributed by atoms with van der Waals surface area (Å²) in [5.74, 6) is -1.40. The molecule has 0 atom stereocenters. The van der Waals surface area contributed by atoms with Crippen molar-refractivity contribution in [3.8, 4) is 0 Å². The number of H-pyrrole nitrogens is 1. The van der Waals surface area contributed by atoms with Crippen molar-refractivity contribution in [3.63, 3.8) is 0 Å². The summed E-state index contributed by atoms with van der Waals surface area (Å²) in [5, 5.41) is 13.0. The van der Waals surface area contributed by atoms with Crippen molar-refractivity contribution >= 4 is 34.0 Å². The minimum atomic E-state index is -0.550. The van der Waals surface area contributed by atoms with Gasteiger partial charge in [-0.2, -0.15) is 0 Å². The number of hydrogen-bond donors (Lipinski definition) is 1. The van der Waals surface area contributed by atoms with Crippen molar-refractivity contribution in [2.45, 2.75) is 0 Å². The summed E-state index contributed by atoms with van der Waals surface area (Å²) in [4.78, 5) is 39.7. The van der Waals surface area contributed by atoms with Gasteiger partial charge in [0.05, 0.1) is 23.9 Å². The molecule has 3 aromatic rings. The Morgan fingerprint density at radius 2 is 1.77 bits per heavy atom. The lowest BCUT2D eigenvalue weighted by Crippen LogP contribution is -2.11. The number of pyridine rings is 1. The molecule has 0 unspecified atom stereocenters. The Bertz CT molecular complexity index is 1190. The van der Waals surface area contributed by atoms with E-state index in [4.69, 9.17) is 0 Å². The molecule has 26 heavy (non-hydrogen) atoms. The van der Waals surface area contributed by atoms with E-state index in [1.54, 1.807) is 24.3 Å². The third kappa shape index (κ3) is 2.23. The summed E-state index contributed by atoms with van der Waals surface area (Å²) in [5.41, 5.74) is 0.941. The van der Waals surface area contributed by atoms with E-state index in [9.17, 15) is 19.5 Å². The number of esters is 1. The minimum absolute atomic E-state index is 0.0753. The number of methoxy groups -OCH3 is 1. The van der Waals surface area contributed by atoms with Crippen molar-refractivity contribution in [2.75, 3.05) is 7.11 Å². The molecule has 1 aromatic heterocycles. The van der Waals surface area contributed by atoms with Gasteiger partial charge >= 0.3 is 5.97 Å². The Morgan fingerprint density at radius 3 is 2.46 bits per heavy atom. The van der Waals surface area contributed by atoms with Crippen molar-refractivity contribution in [1.29, 1.82) is 0 Å². The molecule has 0 saturated heterocycles. The Morgan fingerprint density at radius 1 is 1.04 bits per heavy atom. The Kier molecular flexibility index (Phi) is 3.47. The van der Waals surface area contributed by atoms with Gasteiger partial charge in [-0.05, 0) is 23.8 Å². The van der Waals surface area contributed by atoms with Crippen LogP contribution in [0.15, 0.2) is 53.3 Å². The molecule has 1 N–H and O–H groups in total. The monoisotopic (exact) mass is 346 g/mol. The summed E-state index contributed by atoms with van der Waals surface area (Å²) in [6.07, 6.45) is 0. The molecular formula is C20H12NO5-. The molecule has 1 aliphatic carbocycles. The molecule has 0 bridgehead atoms. The Balaban J connectivity index is 1.93. The summed E-state index contributed by atoms with van der Waals surface area (Å²) in [7, 11) is 1.26. The molecule has 0 saturated carbocycles. The molecule has 2 aromatic carbocycles. The molecule has 1 heterocycles. The van der Waals surface area contributed by atoms with E-state index in [2.05, 4.69) is 9.72 Å². The molecule has 0 spiro atoms. The molecule has 1 aliphatic rings. The first-order valence-corrected chi connectivity index (χ1v) is 7.82. The SMILES string of the molecule is COC(=O)c1ccc2c(=O)cc(C3=C([O-])c4ccccc4C3=O)[nH]c2c1. The summed E-state index contributed by atoms with van der Waals surface area (Å²) >= 11 is 0. The molecule has 0 fully saturated rings. The fourth-order valence-electron chi connectivity index (χ4n) is 3.13. The zero-order valence-electron chi connectivity index (χ0n) is 13.7. The van der Waals surface area contributed by atoms with E-state index in [1.165, 1.54) is 31.4 Å². The first-order chi connectivity index (χ1) is 12.5. The molecule has 128 valence electrons. The number of aromatic amines is 1. The van der Waals surface area contributed by atoms with Crippen LogP contribution in [-0.2, 0) is 4.74 Å². The van der Waals surface area contributed by atoms with Crippen LogP contribution >= 0.6 is 0 Å². The molecule has 0 radical (unpaired) electrons. The van der Waals surface area contributed by atoms with Crippen LogP contribution in [-0.4, -0.2) is 23.8 Å². The summed E-state index contributed by atoms with van der Waals surface area (Å²) in [6, 6.07) is 12.2. The second-order valence-corrected chi connectivity index (χ2v) is 5.88. The summed E-state index contributed by atoms with van der Waals surface area (Å²) in [6.45, 7) is 0. The average molecular weight is 346 g/mol. The van der Waals surface area contributed by atoms with Crippen molar-refractivity contribution in [2.24, 2.45) is 0 Å². The number of carbonyl (C=O) groups is 2. The van der Waals surface area contributed by atoms with Gasteiger partial charge in [0.1, 0.15) is 0 Å². The van der Waals surface area contributed by atoms with Gasteiger partial charge in [-0.15, -0.1) is 0 Å². The number of fused-ring (bicyclic) bond motifs is 2. The van der Waals surface area contributed by atoms with Gasteiger partial charge in [-0.25, -0.2) is 4.79 Å². The Hall–Kier alpha value is -3.67. The highest BCUT2D eigenvalue weighted by molar-refractivity contribution is 6.38. The van der Waals surface area contributed by atoms with Crippen LogP contribution in [0.2, 0.25) is 0 Å². The second-order valence-electron chi connectivity index (χ2n) is 5.88. The molecule has 0 amide bonds. The van der Waals surface area contributed by atoms with E-state index in [-0.39, 0.29) is 22.3 Å². The smallest absolute Gasteiger partial charge is 0.337 e. The topological polar surface area (TPSA) is 99.3 Å². The lowest BCUT2D eigenvalue weighted by molar-refractivity contribution is -0.242. The van der Waals surface area contributed by atoms with Crippen molar-refractivity contribution in [3.05, 3.63) is 81.1 Å². The van der Waals surface area contributed by atoms with Gasteiger partial charge in [0.25, 0.3) is 0 Å². The van der Waals surface area contributed by atoms with Crippen LogP contribution in [0.3, 0.4) is 0 Å². The Labute approximate surface area is 147 Å². The van der Waals surface area contributed by atoms with Crippen LogP contribution in [0.4, 0.5) is 0 Å². The lowest BCUT2D eigenvalue weighted by atomic mass is 10.0. The number of benzene rings is 2. The highest BCUT2D eigenvalue weighted by atomic mass is 16.5. The maximum absolute atomic E-state index is 12.6. The maximum atomic E-state index is 12.6. The number of ketones is 1. The van der Waals surface area contributed by atoms with Crippen LogP contribution in [0.5, 0.6) is 0 Å². The summed E-state index contributed by atoms with van der Waals surface area (Å²) < 4.78 is 4.68.